The minimum absolute atomic E-state index is 0.0592. The molecule has 25 heavy (non-hydrogen) atoms. The Morgan fingerprint density at radius 2 is 2.04 bits per heavy atom. The molecule has 1 atom stereocenters. The van der Waals surface area contributed by atoms with E-state index in [1.165, 1.54) is 16.6 Å². The normalized spacial score (nSPS) is 18.4. The van der Waals surface area contributed by atoms with Crippen molar-refractivity contribution < 1.29 is 18.3 Å². The number of aromatic carboxylic acids is 1. The van der Waals surface area contributed by atoms with Gasteiger partial charge >= 0.3 is 5.97 Å². The first-order valence-corrected chi connectivity index (χ1v) is 9.73. The Balaban J connectivity index is 1.94. The summed E-state index contributed by atoms with van der Waals surface area (Å²) in [7, 11) is -3.22. The molecule has 1 aromatic carbocycles. The number of hydrogen-bond acceptors (Lipinski definition) is 5. The van der Waals surface area contributed by atoms with Crippen LogP contribution in [0.1, 0.15) is 34.2 Å². The van der Waals surface area contributed by atoms with Crippen LogP contribution in [0.25, 0.3) is 11.3 Å². The fourth-order valence-electron chi connectivity index (χ4n) is 2.97. The zero-order valence-electron chi connectivity index (χ0n) is 14.0. The van der Waals surface area contributed by atoms with E-state index in [0.717, 1.165) is 5.69 Å². The number of hydrogen-bond donors (Lipinski definition) is 1. The second kappa shape index (κ2) is 6.53. The summed E-state index contributed by atoms with van der Waals surface area (Å²) in [6, 6.07) is 8.38. The van der Waals surface area contributed by atoms with Gasteiger partial charge in [0.15, 0.2) is 0 Å². The van der Waals surface area contributed by atoms with Crippen LogP contribution in [0, 0.1) is 6.92 Å². The highest BCUT2D eigenvalue weighted by Gasteiger charge is 2.31. The van der Waals surface area contributed by atoms with Gasteiger partial charge in [-0.2, -0.15) is 0 Å². The van der Waals surface area contributed by atoms with Crippen LogP contribution in [-0.4, -0.2) is 53.1 Å². The van der Waals surface area contributed by atoms with Gasteiger partial charge in [-0.1, -0.05) is 12.1 Å². The minimum Gasteiger partial charge on any atom is -0.478 e. The van der Waals surface area contributed by atoms with Crippen molar-refractivity contribution in [1.29, 1.82) is 0 Å². The third-order valence-corrected chi connectivity index (χ3v) is 5.53. The van der Waals surface area contributed by atoms with E-state index in [0.29, 0.717) is 36.6 Å². The monoisotopic (exact) mass is 361 g/mol. The molecule has 1 aromatic heterocycles. The van der Waals surface area contributed by atoms with Crippen LogP contribution in [0.4, 0.5) is 0 Å². The average Bonchev–Trinajstić information content (AvgIpc) is 3.04. The smallest absolute Gasteiger partial charge is 0.335 e. The van der Waals surface area contributed by atoms with Crippen molar-refractivity contribution in [2.24, 2.45) is 0 Å². The Morgan fingerprint density at radius 3 is 2.68 bits per heavy atom. The van der Waals surface area contributed by atoms with Gasteiger partial charge in [0.1, 0.15) is 5.82 Å². The van der Waals surface area contributed by atoms with E-state index >= 15 is 0 Å². The van der Waals surface area contributed by atoms with Gasteiger partial charge in [-0.25, -0.2) is 27.5 Å². The largest absolute Gasteiger partial charge is 0.478 e. The lowest BCUT2D eigenvalue weighted by atomic mass is 10.1. The summed E-state index contributed by atoms with van der Waals surface area (Å²) >= 11 is 0. The summed E-state index contributed by atoms with van der Waals surface area (Å²) in [5.74, 6) is -0.453. The lowest BCUT2D eigenvalue weighted by molar-refractivity contribution is 0.0697. The lowest BCUT2D eigenvalue weighted by Gasteiger charge is -2.14. The van der Waals surface area contributed by atoms with Crippen molar-refractivity contribution in [2.45, 2.75) is 19.3 Å². The Hall–Kier alpha value is -2.32. The highest BCUT2D eigenvalue weighted by molar-refractivity contribution is 7.88. The quantitative estimate of drug-likeness (QED) is 0.893. The first kappa shape index (κ1) is 17.5. The number of benzene rings is 1. The molecule has 1 N–H and O–H groups in total. The molecule has 2 aromatic rings. The van der Waals surface area contributed by atoms with Crippen molar-refractivity contribution in [3.8, 4) is 11.3 Å². The molecule has 0 bridgehead atoms. The highest BCUT2D eigenvalue weighted by atomic mass is 32.2. The van der Waals surface area contributed by atoms with E-state index in [9.17, 15) is 13.2 Å². The SMILES string of the molecule is Cc1cc(-c2cccc(C(=O)O)c2)nc([C@@H]2CCN(S(C)(=O)=O)C2)n1. The number of nitrogens with zero attached hydrogens (tertiary/aromatic N) is 3. The third-order valence-electron chi connectivity index (χ3n) is 4.26. The molecule has 3 rings (SSSR count). The molecule has 132 valence electrons. The van der Waals surface area contributed by atoms with Gasteiger partial charge in [0.2, 0.25) is 10.0 Å². The fraction of sp³-hybridized carbons (Fsp3) is 0.353. The summed E-state index contributed by atoms with van der Waals surface area (Å²) in [4.78, 5) is 20.2. The molecular weight excluding hydrogens is 342 g/mol. The van der Waals surface area contributed by atoms with Gasteiger partial charge in [-0.15, -0.1) is 0 Å². The maximum Gasteiger partial charge on any atom is 0.335 e. The standard InChI is InChI=1S/C17H19N3O4S/c1-11-8-15(12-4-3-5-13(9-12)17(21)22)19-16(18-11)14-6-7-20(10-14)25(2,23)24/h3-5,8-9,14H,6-7,10H2,1-2H3,(H,21,22)/t14-/m1/s1. The second-order valence-corrected chi connectivity index (χ2v) is 8.23. The molecule has 0 saturated carbocycles. The maximum atomic E-state index is 11.7. The molecule has 8 heteroatoms. The van der Waals surface area contributed by atoms with Gasteiger partial charge in [-0.05, 0) is 31.5 Å². The maximum absolute atomic E-state index is 11.7. The first-order valence-electron chi connectivity index (χ1n) is 7.88. The fourth-order valence-corrected chi connectivity index (χ4v) is 3.86. The molecular formula is C17H19N3O4S. The summed E-state index contributed by atoms with van der Waals surface area (Å²) in [5.41, 5.74) is 2.30. The van der Waals surface area contributed by atoms with E-state index in [2.05, 4.69) is 9.97 Å². The number of rotatable bonds is 4. The molecule has 1 fully saturated rings. The number of sulfonamides is 1. The van der Waals surface area contributed by atoms with E-state index in [-0.39, 0.29) is 11.5 Å². The van der Waals surface area contributed by atoms with Gasteiger partial charge in [0.05, 0.1) is 17.5 Å². The summed E-state index contributed by atoms with van der Waals surface area (Å²) < 4.78 is 24.8. The van der Waals surface area contributed by atoms with Crippen molar-refractivity contribution in [1.82, 2.24) is 14.3 Å². The van der Waals surface area contributed by atoms with Gasteiger partial charge in [0.25, 0.3) is 0 Å². The van der Waals surface area contributed by atoms with Crippen LogP contribution in [0.5, 0.6) is 0 Å². The topological polar surface area (TPSA) is 100 Å². The van der Waals surface area contributed by atoms with Crippen LogP contribution >= 0.6 is 0 Å². The number of carboxylic acids is 1. The van der Waals surface area contributed by atoms with Crippen LogP contribution in [0.3, 0.4) is 0 Å². The molecule has 1 aliphatic heterocycles. The molecule has 7 nitrogen and oxygen atoms in total. The number of aryl methyl sites for hydroxylation is 1. The van der Waals surface area contributed by atoms with E-state index in [4.69, 9.17) is 5.11 Å². The van der Waals surface area contributed by atoms with Crippen LogP contribution in [0.2, 0.25) is 0 Å². The van der Waals surface area contributed by atoms with E-state index < -0.39 is 16.0 Å². The Kier molecular flexibility index (Phi) is 4.57. The van der Waals surface area contributed by atoms with Crippen LogP contribution in [0.15, 0.2) is 30.3 Å². The Bertz CT molecular complexity index is 927. The van der Waals surface area contributed by atoms with Gasteiger partial charge in [-0.3, -0.25) is 0 Å². The molecule has 1 aliphatic rings. The number of carbonyl (C=O) groups is 1. The van der Waals surface area contributed by atoms with Gasteiger partial charge < -0.3 is 5.11 Å². The minimum atomic E-state index is -3.22. The number of carboxylic acid groups (broad SMARTS) is 1. The molecule has 1 saturated heterocycles. The number of aromatic nitrogens is 2. The second-order valence-electron chi connectivity index (χ2n) is 6.25. The molecule has 2 heterocycles. The third kappa shape index (κ3) is 3.85. The highest BCUT2D eigenvalue weighted by Crippen LogP contribution is 2.28. The molecule has 0 spiro atoms. The van der Waals surface area contributed by atoms with Crippen molar-refractivity contribution in [2.75, 3.05) is 19.3 Å². The molecule has 0 amide bonds. The lowest BCUT2D eigenvalue weighted by Crippen LogP contribution is -2.27. The van der Waals surface area contributed by atoms with Gasteiger partial charge in [0, 0.05) is 30.3 Å². The molecule has 0 radical (unpaired) electrons. The average molecular weight is 361 g/mol. The predicted octanol–water partition coefficient (Wildman–Crippen LogP) is 1.90. The zero-order chi connectivity index (χ0) is 18.2. The first-order chi connectivity index (χ1) is 11.7. The van der Waals surface area contributed by atoms with E-state index in [1.807, 2.05) is 6.92 Å². The molecule has 0 unspecified atom stereocenters. The summed E-state index contributed by atoms with van der Waals surface area (Å²) in [5, 5.41) is 9.15. The van der Waals surface area contributed by atoms with Crippen molar-refractivity contribution in [3.63, 3.8) is 0 Å². The van der Waals surface area contributed by atoms with Crippen molar-refractivity contribution >= 4 is 16.0 Å². The summed E-state index contributed by atoms with van der Waals surface area (Å²) in [6.07, 6.45) is 1.88. The van der Waals surface area contributed by atoms with Crippen LogP contribution < -0.4 is 0 Å². The summed E-state index contributed by atoms with van der Waals surface area (Å²) in [6.45, 7) is 2.68. The predicted molar refractivity (Wildman–Crippen MR) is 92.9 cm³/mol. The Morgan fingerprint density at radius 1 is 1.28 bits per heavy atom. The van der Waals surface area contributed by atoms with E-state index in [1.54, 1.807) is 24.3 Å². The van der Waals surface area contributed by atoms with Crippen molar-refractivity contribution in [3.05, 3.63) is 47.4 Å². The van der Waals surface area contributed by atoms with Crippen LogP contribution in [-0.2, 0) is 10.0 Å². The molecule has 0 aliphatic carbocycles. The Labute approximate surface area is 146 Å². The zero-order valence-corrected chi connectivity index (χ0v) is 14.8.